The van der Waals surface area contributed by atoms with Crippen molar-refractivity contribution in [2.45, 2.75) is 13.0 Å². The van der Waals surface area contributed by atoms with E-state index in [0.29, 0.717) is 0 Å². The van der Waals surface area contributed by atoms with E-state index in [-0.39, 0.29) is 0 Å². The number of rotatable bonds is 8. The summed E-state index contributed by atoms with van der Waals surface area (Å²) in [7, 11) is 2.19. The van der Waals surface area contributed by atoms with Gasteiger partial charge in [-0.05, 0) is 61.5 Å². The highest BCUT2D eigenvalue weighted by Crippen LogP contribution is 2.21. The third-order valence-corrected chi connectivity index (χ3v) is 6.37. The van der Waals surface area contributed by atoms with Crippen molar-refractivity contribution in [2.24, 2.45) is 0 Å². The molecule has 6 heteroatoms. The van der Waals surface area contributed by atoms with Gasteiger partial charge in [0.25, 0.3) is 0 Å². The molecule has 6 nitrogen and oxygen atoms in total. The van der Waals surface area contributed by atoms with Gasteiger partial charge >= 0.3 is 0 Å². The molecule has 33 heavy (non-hydrogen) atoms. The lowest BCUT2D eigenvalue weighted by molar-refractivity contribution is 0.147. The fourth-order valence-corrected chi connectivity index (χ4v) is 4.40. The second-order valence-corrected chi connectivity index (χ2v) is 8.85. The summed E-state index contributed by atoms with van der Waals surface area (Å²) in [5.74, 6) is 0. The fraction of sp³-hybridized carbons (Fsp3) is 0.296. The number of pyridine rings is 1. The number of hydrogen-bond acceptors (Lipinski definition) is 5. The van der Waals surface area contributed by atoms with E-state index < -0.39 is 0 Å². The number of benzene rings is 2. The van der Waals surface area contributed by atoms with Crippen LogP contribution >= 0.6 is 0 Å². The van der Waals surface area contributed by atoms with Gasteiger partial charge in [-0.15, -0.1) is 0 Å². The van der Waals surface area contributed by atoms with Crippen LogP contribution in [0.4, 0.5) is 17.1 Å². The monoisotopic (exact) mass is 440 g/mol. The smallest absolute Gasteiger partial charge is 0.0564 e. The Bertz CT molecular complexity index is 1170. The molecule has 0 atom stereocenters. The fourth-order valence-electron chi connectivity index (χ4n) is 4.40. The van der Waals surface area contributed by atoms with Crippen molar-refractivity contribution < 1.29 is 0 Å². The Labute approximate surface area is 195 Å². The molecular weight excluding hydrogens is 408 g/mol. The summed E-state index contributed by atoms with van der Waals surface area (Å²) in [6, 6.07) is 21.1. The molecule has 2 aromatic heterocycles. The number of anilines is 3. The molecule has 0 radical (unpaired) electrons. The zero-order valence-corrected chi connectivity index (χ0v) is 19.2. The van der Waals surface area contributed by atoms with Crippen LogP contribution in [0.1, 0.15) is 11.3 Å². The summed E-state index contributed by atoms with van der Waals surface area (Å²) in [6.45, 7) is 6.26. The molecule has 4 aromatic rings. The Morgan fingerprint density at radius 3 is 2.55 bits per heavy atom. The highest BCUT2D eigenvalue weighted by atomic mass is 15.2. The second-order valence-electron chi connectivity index (χ2n) is 8.85. The zero-order chi connectivity index (χ0) is 22.5. The van der Waals surface area contributed by atoms with Crippen molar-refractivity contribution >= 4 is 28.0 Å². The van der Waals surface area contributed by atoms with Gasteiger partial charge in [-0.3, -0.25) is 9.88 Å². The van der Waals surface area contributed by atoms with Gasteiger partial charge in [0.1, 0.15) is 0 Å². The average Bonchev–Trinajstić information content (AvgIpc) is 3.25. The van der Waals surface area contributed by atoms with E-state index in [1.54, 1.807) is 0 Å². The van der Waals surface area contributed by atoms with Crippen molar-refractivity contribution in [3.8, 4) is 0 Å². The van der Waals surface area contributed by atoms with E-state index in [0.717, 1.165) is 68.4 Å². The van der Waals surface area contributed by atoms with Crippen LogP contribution in [0.2, 0.25) is 0 Å². The standard InChI is InChI=1S/C27H32N6/c1-32-14-16-33(17-15-32)20-25-18-24(11-13-29-25)31-23-8-6-22(7-9-23)28-12-10-21-19-30-27-5-3-2-4-26(21)27/h2-9,11,13,18-19,28,30H,10,12,14-17,20H2,1H3,(H,29,31). The maximum absolute atomic E-state index is 4.57. The van der Waals surface area contributed by atoms with Crippen molar-refractivity contribution in [1.82, 2.24) is 19.8 Å². The molecule has 0 amide bonds. The number of nitrogens with zero attached hydrogens (tertiary/aromatic N) is 3. The molecule has 1 saturated heterocycles. The van der Waals surface area contributed by atoms with Crippen molar-refractivity contribution in [3.05, 3.63) is 84.3 Å². The van der Waals surface area contributed by atoms with Crippen LogP contribution < -0.4 is 10.6 Å². The minimum Gasteiger partial charge on any atom is -0.385 e. The summed E-state index contributed by atoms with van der Waals surface area (Å²) in [5, 5.41) is 8.36. The zero-order valence-electron chi connectivity index (χ0n) is 19.2. The first-order valence-corrected chi connectivity index (χ1v) is 11.7. The van der Waals surface area contributed by atoms with Crippen LogP contribution in [0.5, 0.6) is 0 Å². The Morgan fingerprint density at radius 1 is 0.909 bits per heavy atom. The largest absolute Gasteiger partial charge is 0.385 e. The first-order valence-electron chi connectivity index (χ1n) is 11.7. The summed E-state index contributed by atoms with van der Waals surface area (Å²) in [5.41, 5.74) is 6.95. The normalized spacial score (nSPS) is 15.1. The van der Waals surface area contributed by atoms with Gasteiger partial charge in [0.2, 0.25) is 0 Å². The molecule has 3 N–H and O–H groups in total. The van der Waals surface area contributed by atoms with Crippen LogP contribution in [0, 0.1) is 0 Å². The minimum atomic E-state index is 0.897. The molecule has 1 aliphatic heterocycles. The lowest BCUT2D eigenvalue weighted by atomic mass is 10.1. The third-order valence-electron chi connectivity index (χ3n) is 6.37. The van der Waals surface area contributed by atoms with Gasteiger partial charge in [0.05, 0.1) is 5.69 Å². The lowest BCUT2D eigenvalue weighted by Crippen LogP contribution is -2.44. The molecule has 3 heterocycles. The van der Waals surface area contributed by atoms with Gasteiger partial charge in [-0.2, -0.15) is 0 Å². The van der Waals surface area contributed by atoms with Gasteiger partial charge in [0, 0.05) is 79.6 Å². The first kappa shape index (κ1) is 21.5. The van der Waals surface area contributed by atoms with Crippen molar-refractivity contribution in [3.63, 3.8) is 0 Å². The van der Waals surface area contributed by atoms with Gasteiger partial charge in [-0.25, -0.2) is 0 Å². The molecule has 0 saturated carbocycles. The molecule has 1 fully saturated rings. The lowest BCUT2D eigenvalue weighted by Gasteiger charge is -2.32. The molecule has 0 aliphatic carbocycles. The molecule has 0 unspecified atom stereocenters. The van der Waals surface area contributed by atoms with E-state index in [9.17, 15) is 0 Å². The Kier molecular flexibility index (Phi) is 6.56. The van der Waals surface area contributed by atoms with Gasteiger partial charge < -0.3 is 20.5 Å². The summed E-state index contributed by atoms with van der Waals surface area (Å²) in [4.78, 5) is 12.8. The minimum absolute atomic E-state index is 0.897. The van der Waals surface area contributed by atoms with Gasteiger partial charge in [0.15, 0.2) is 0 Å². The Balaban J connectivity index is 1.13. The molecule has 0 spiro atoms. The van der Waals surface area contributed by atoms with Crippen molar-refractivity contribution in [2.75, 3.05) is 50.4 Å². The first-order chi connectivity index (χ1) is 16.2. The van der Waals surface area contributed by atoms with Crippen molar-refractivity contribution in [1.29, 1.82) is 0 Å². The molecule has 2 aromatic carbocycles. The Morgan fingerprint density at radius 2 is 1.70 bits per heavy atom. The van der Waals surface area contributed by atoms with Crippen LogP contribution in [0.3, 0.4) is 0 Å². The molecule has 5 rings (SSSR count). The number of aromatic nitrogens is 2. The summed E-state index contributed by atoms with van der Waals surface area (Å²) < 4.78 is 0. The maximum atomic E-state index is 4.57. The van der Waals surface area contributed by atoms with Crippen LogP contribution in [-0.4, -0.2) is 59.5 Å². The number of likely N-dealkylation sites (N-methyl/N-ethyl adjacent to an activating group) is 1. The van der Waals surface area contributed by atoms with Crippen LogP contribution in [0.15, 0.2) is 73.1 Å². The SMILES string of the molecule is CN1CCN(Cc2cc(Nc3ccc(NCCc4c[nH]c5ccccc45)cc3)ccn2)CC1. The highest BCUT2D eigenvalue weighted by Gasteiger charge is 2.14. The number of fused-ring (bicyclic) bond motifs is 1. The maximum Gasteiger partial charge on any atom is 0.0564 e. The molecular formula is C27H32N6. The number of hydrogen-bond donors (Lipinski definition) is 3. The van der Waals surface area contributed by atoms with E-state index in [1.807, 2.05) is 12.3 Å². The number of nitrogens with one attached hydrogen (secondary N) is 3. The quantitative estimate of drug-likeness (QED) is 0.371. The average molecular weight is 441 g/mol. The van der Waals surface area contributed by atoms with Crippen LogP contribution in [-0.2, 0) is 13.0 Å². The number of H-pyrrole nitrogens is 1. The molecule has 170 valence electrons. The second kappa shape index (κ2) is 10.1. The summed E-state index contributed by atoms with van der Waals surface area (Å²) in [6.07, 6.45) is 5.00. The summed E-state index contributed by atoms with van der Waals surface area (Å²) >= 11 is 0. The predicted octanol–water partition coefficient (Wildman–Crippen LogP) is 4.71. The van der Waals surface area contributed by atoms with E-state index in [1.165, 1.54) is 16.5 Å². The molecule has 1 aliphatic rings. The van der Waals surface area contributed by atoms with E-state index in [4.69, 9.17) is 0 Å². The Hall–Kier alpha value is -3.35. The highest BCUT2D eigenvalue weighted by molar-refractivity contribution is 5.83. The third kappa shape index (κ3) is 5.53. The topological polar surface area (TPSA) is 59.2 Å². The number of piperazine rings is 1. The molecule has 0 bridgehead atoms. The van der Waals surface area contributed by atoms with Gasteiger partial charge in [-0.1, -0.05) is 18.2 Å². The van der Waals surface area contributed by atoms with E-state index >= 15 is 0 Å². The predicted molar refractivity (Wildman–Crippen MR) is 137 cm³/mol. The van der Waals surface area contributed by atoms with E-state index in [2.05, 4.69) is 98.2 Å². The number of aromatic amines is 1. The number of para-hydroxylation sites is 1. The van der Waals surface area contributed by atoms with Crippen LogP contribution in [0.25, 0.3) is 10.9 Å².